The first kappa shape index (κ1) is 12.8. The second-order valence-corrected chi connectivity index (χ2v) is 4.22. The molecular weight excluding hydrogens is 254 g/mol. The SMILES string of the molecule is COCCCn1nnnc1-c1ccc(Cl)c(N)c1. The summed E-state index contributed by atoms with van der Waals surface area (Å²) in [5.74, 6) is 0.675. The van der Waals surface area contributed by atoms with Crippen molar-refractivity contribution in [1.82, 2.24) is 20.2 Å². The van der Waals surface area contributed by atoms with E-state index in [0.717, 1.165) is 12.0 Å². The Balaban J connectivity index is 2.22. The lowest BCUT2D eigenvalue weighted by Gasteiger charge is -2.05. The minimum Gasteiger partial charge on any atom is -0.398 e. The first-order valence-corrected chi connectivity index (χ1v) is 5.90. The van der Waals surface area contributed by atoms with Gasteiger partial charge in [0.05, 0.1) is 10.7 Å². The summed E-state index contributed by atoms with van der Waals surface area (Å²) in [6.07, 6.45) is 0.845. The van der Waals surface area contributed by atoms with Gasteiger partial charge >= 0.3 is 0 Å². The van der Waals surface area contributed by atoms with Crippen molar-refractivity contribution >= 4 is 17.3 Å². The maximum absolute atomic E-state index is 5.88. The van der Waals surface area contributed by atoms with Crippen LogP contribution in [0.1, 0.15) is 6.42 Å². The normalized spacial score (nSPS) is 10.8. The number of ether oxygens (including phenoxy) is 1. The highest BCUT2D eigenvalue weighted by atomic mass is 35.5. The average molecular weight is 268 g/mol. The zero-order valence-corrected chi connectivity index (χ0v) is 10.8. The summed E-state index contributed by atoms with van der Waals surface area (Å²) in [6.45, 7) is 1.36. The fraction of sp³-hybridized carbons (Fsp3) is 0.364. The average Bonchev–Trinajstić information content (AvgIpc) is 2.81. The Bertz CT molecular complexity index is 528. The summed E-state index contributed by atoms with van der Waals surface area (Å²) in [5, 5.41) is 12.1. The van der Waals surface area contributed by atoms with Gasteiger partial charge < -0.3 is 10.5 Å². The van der Waals surface area contributed by atoms with E-state index in [-0.39, 0.29) is 0 Å². The quantitative estimate of drug-likeness (QED) is 0.658. The number of aromatic nitrogens is 4. The molecule has 1 heterocycles. The van der Waals surface area contributed by atoms with Gasteiger partial charge in [-0.15, -0.1) is 5.10 Å². The Morgan fingerprint density at radius 2 is 2.28 bits per heavy atom. The molecule has 2 N–H and O–H groups in total. The van der Waals surface area contributed by atoms with Crippen molar-refractivity contribution < 1.29 is 4.74 Å². The highest BCUT2D eigenvalue weighted by molar-refractivity contribution is 6.33. The van der Waals surface area contributed by atoms with E-state index in [2.05, 4.69) is 15.5 Å². The summed E-state index contributed by atoms with van der Waals surface area (Å²) < 4.78 is 6.73. The van der Waals surface area contributed by atoms with Crippen LogP contribution in [0.25, 0.3) is 11.4 Å². The molecule has 96 valence electrons. The van der Waals surface area contributed by atoms with Gasteiger partial charge in [0.15, 0.2) is 5.82 Å². The standard InChI is InChI=1S/C11H14ClN5O/c1-18-6-2-5-17-11(14-15-16-17)8-3-4-9(12)10(13)7-8/h3-4,7H,2,5-6,13H2,1H3. The van der Waals surface area contributed by atoms with Crippen molar-refractivity contribution in [1.29, 1.82) is 0 Å². The van der Waals surface area contributed by atoms with Crippen LogP contribution >= 0.6 is 11.6 Å². The van der Waals surface area contributed by atoms with Crippen molar-refractivity contribution in [3.05, 3.63) is 23.2 Å². The molecule has 1 aromatic carbocycles. The maximum Gasteiger partial charge on any atom is 0.182 e. The molecule has 0 aliphatic heterocycles. The van der Waals surface area contributed by atoms with Crippen LogP contribution < -0.4 is 5.73 Å². The number of aryl methyl sites for hydroxylation is 1. The number of halogens is 1. The van der Waals surface area contributed by atoms with E-state index in [1.807, 2.05) is 6.07 Å². The van der Waals surface area contributed by atoms with E-state index >= 15 is 0 Å². The Hall–Kier alpha value is -1.66. The van der Waals surface area contributed by atoms with Crippen LogP contribution in [0.2, 0.25) is 5.02 Å². The van der Waals surface area contributed by atoms with Crippen molar-refractivity contribution in [3.63, 3.8) is 0 Å². The first-order chi connectivity index (χ1) is 8.72. The molecule has 0 radical (unpaired) electrons. The number of nitrogen functional groups attached to an aromatic ring is 1. The van der Waals surface area contributed by atoms with Gasteiger partial charge in [-0.1, -0.05) is 11.6 Å². The molecule has 0 aliphatic rings. The van der Waals surface area contributed by atoms with Crippen LogP contribution in [0.4, 0.5) is 5.69 Å². The Kier molecular flexibility index (Phi) is 4.11. The molecule has 0 atom stereocenters. The van der Waals surface area contributed by atoms with Gasteiger partial charge in [0, 0.05) is 25.8 Å². The van der Waals surface area contributed by atoms with Crippen molar-refractivity contribution in [2.45, 2.75) is 13.0 Å². The van der Waals surface area contributed by atoms with Crippen LogP contribution in [0, 0.1) is 0 Å². The zero-order chi connectivity index (χ0) is 13.0. The van der Waals surface area contributed by atoms with Gasteiger partial charge in [-0.05, 0) is 35.0 Å². The molecule has 0 aliphatic carbocycles. The molecule has 0 bridgehead atoms. The maximum atomic E-state index is 5.88. The van der Waals surface area contributed by atoms with Gasteiger partial charge in [-0.3, -0.25) is 0 Å². The molecule has 1 aromatic heterocycles. The molecule has 7 heteroatoms. The number of hydrogen-bond acceptors (Lipinski definition) is 5. The van der Waals surface area contributed by atoms with Gasteiger partial charge in [0.2, 0.25) is 0 Å². The molecular formula is C11H14ClN5O. The summed E-state index contributed by atoms with van der Waals surface area (Å²) in [5.41, 5.74) is 7.13. The summed E-state index contributed by atoms with van der Waals surface area (Å²) in [6, 6.07) is 5.35. The number of nitrogens with zero attached hydrogens (tertiary/aromatic N) is 4. The van der Waals surface area contributed by atoms with Gasteiger partial charge in [0.25, 0.3) is 0 Å². The fourth-order valence-corrected chi connectivity index (χ4v) is 1.72. The number of methoxy groups -OCH3 is 1. The third-order valence-corrected chi connectivity index (χ3v) is 2.85. The van der Waals surface area contributed by atoms with E-state index in [9.17, 15) is 0 Å². The zero-order valence-electron chi connectivity index (χ0n) is 10.0. The molecule has 0 spiro atoms. The lowest BCUT2D eigenvalue weighted by atomic mass is 10.2. The number of tetrazole rings is 1. The third-order valence-electron chi connectivity index (χ3n) is 2.50. The van der Waals surface area contributed by atoms with E-state index in [4.69, 9.17) is 22.1 Å². The lowest BCUT2D eigenvalue weighted by molar-refractivity contribution is 0.189. The first-order valence-electron chi connectivity index (χ1n) is 5.53. The predicted molar refractivity (Wildman–Crippen MR) is 69.2 cm³/mol. The number of anilines is 1. The Morgan fingerprint density at radius 1 is 1.44 bits per heavy atom. The van der Waals surface area contributed by atoms with Crippen LogP contribution in [-0.4, -0.2) is 33.9 Å². The molecule has 0 amide bonds. The molecule has 0 fully saturated rings. The fourth-order valence-electron chi connectivity index (χ4n) is 1.60. The van der Waals surface area contributed by atoms with E-state index < -0.39 is 0 Å². The smallest absolute Gasteiger partial charge is 0.182 e. The number of hydrogen-bond donors (Lipinski definition) is 1. The van der Waals surface area contributed by atoms with E-state index in [0.29, 0.717) is 29.7 Å². The van der Waals surface area contributed by atoms with Crippen molar-refractivity contribution in [3.8, 4) is 11.4 Å². The number of benzene rings is 1. The highest BCUT2D eigenvalue weighted by Crippen LogP contribution is 2.25. The lowest BCUT2D eigenvalue weighted by Crippen LogP contribution is -2.05. The monoisotopic (exact) mass is 267 g/mol. The molecule has 18 heavy (non-hydrogen) atoms. The van der Waals surface area contributed by atoms with Crippen molar-refractivity contribution in [2.24, 2.45) is 0 Å². The second-order valence-electron chi connectivity index (χ2n) is 3.81. The van der Waals surface area contributed by atoms with Crippen LogP contribution in [0.15, 0.2) is 18.2 Å². The molecule has 0 saturated heterocycles. The summed E-state index contributed by atoms with van der Waals surface area (Å²) in [7, 11) is 1.67. The third kappa shape index (κ3) is 2.77. The number of nitrogens with two attached hydrogens (primary N) is 1. The van der Waals surface area contributed by atoms with E-state index in [1.54, 1.807) is 23.9 Å². The van der Waals surface area contributed by atoms with Crippen LogP contribution in [0.5, 0.6) is 0 Å². The van der Waals surface area contributed by atoms with Crippen molar-refractivity contribution in [2.75, 3.05) is 19.5 Å². The Labute approximate surface area is 110 Å². The molecule has 0 unspecified atom stereocenters. The minimum atomic E-state index is 0.514. The van der Waals surface area contributed by atoms with Gasteiger partial charge in [-0.2, -0.15) is 0 Å². The van der Waals surface area contributed by atoms with Crippen LogP contribution in [-0.2, 0) is 11.3 Å². The molecule has 2 rings (SSSR count). The molecule has 6 nitrogen and oxygen atoms in total. The minimum absolute atomic E-state index is 0.514. The molecule has 2 aromatic rings. The predicted octanol–water partition coefficient (Wildman–Crippen LogP) is 1.61. The van der Waals surface area contributed by atoms with Gasteiger partial charge in [0.1, 0.15) is 0 Å². The topological polar surface area (TPSA) is 78.8 Å². The molecule has 0 saturated carbocycles. The highest BCUT2D eigenvalue weighted by Gasteiger charge is 2.09. The number of rotatable bonds is 5. The Morgan fingerprint density at radius 3 is 3.00 bits per heavy atom. The summed E-state index contributed by atoms with van der Waals surface area (Å²) in [4.78, 5) is 0. The summed E-state index contributed by atoms with van der Waals surface area (Å²) >= 11 is 5.88. The largest absolute Gasteiger partial charge is 0.398 e. The van der Waals surface area contributed by atoms with Gasteiger partial charge in [-0.25, -0.2) is 4.68 Å². The van der Waals surface area contributed by atoms with E-state index in [1.165, 1.54) is 0 Å². The second kappa shape index (κ2) is 5.79. The van der Waals surface area contributed by atoms with Crippen LogP contribution in [0.3, 0.4) is 0 Å².